The van der Waals surface area contributed by atoms with Crippen LogP contribution in [0.5, 0.6) is 0 Å². The number of hydrogen-bond donors (Lipinski definition) is 1. The van der Waals surface area contributed by atoms with Crippen molar-refractivity contribution in [3.63, 3.8) is 0 Å². The summed E-state index contributed by atoms with van der Waals surface area (Å²) >= 11 is 0. The van der Waals surface area contributed by atoms with Gasteiger partial charge in [-0.05, 0) is 31.5 Å². The topological polar surface area (TPSA) is 70.0 Å². The number of hydrogen-bond acceptors (Lipinski definition) is 4. The van der Waals surface area contributed by atoms with E-state index in [4.69, 9.17) is 5.26 Å². The molecular formula is C13H18N2O2S. The van der Waals surface area contributed by atoms with Gasteiger partial charge in [0, 0.05) is 18.8 Å². The third kappa shape index (κ3) is 4.13. The van der Waals surface area contributed by atoms with Crippen molar-refractivity contribution in [1.82, 2.24) is 5.32 Å². The molecule has 98 valence electrons. The Kier molecular flexibility index (Phi) is 4.88. The largest absolute Gasteiger partial charge is 0.309 e. The smallest absolute Gasteiger partial charge is 0.175 e. The molecule has 0 heterocycles. The maximum Gasteiger partial charge on any atom is 0.175 e. The molecule has 1 rings (SSSR count). The highest BCUT2D eigenvalue weighted by Gasteiger charge is 2.10. The average molecular weight is 266 g/mol. The molecule has 5 heteroatoms. The molecule has 0 spiro atoms. The van der Waals surface area contributed by atoms with Gasteiger partial charge in [-0.15, -0.1) is 0 Å². The third-order valence-corrected chi connectivity index (χ3v) is 3.89. The first kappa shape index (κ1) is 14.7. The predicted octanol–water partition coefficient (Wildman–Crippen LogP) is 1.90. The molecule has 0 saturated heterocycles. The van der Waals surface area contributed by atoms with Crippen LogP contribution >= 0.6 is 0 Å². The maximum atomic E-state index is 11.3. The fourth-order valence-electron chi connectivity index (χ4n) is 1.52. The zero-order valence-electron chi connectivity index (χ0n) is 10.8. The van der Waals surface area contributed by atoms with E-state index in [-0.39, 0.29) is 12.0 Å². The van der Waals surface area contributed by atoms with Crippen molar-refractivity contribution < 1.29 is 8.42 Å². The second-order valence-electron chi connectivity index (χ2n) is 4.50. The van der Waals surface area contributed by atoms with Gasteiger partial charge in [0.1, 0.15) is 0 Å². The van der Waals surface area contributed by atoms with E-state index in [9.17, 15) is 8.42 Å². The van der Waals surface area contributed by atoms with Gasteiger partial charge in [-0.3, -0.25) is 0 Å². The van der Waals surface area contributed by atoms with Crippen LogP contribution in [-0.4, -0.2) is 21.2 Å². The number of nitriles is 1. The average Bonchev–Trinajstić information content (AvgIpc) is 2.34. The van der Waals surface area contributed by atoms with Gasteiger partial charge in [-0.25, -0.2) is 8.42 Å². The Morgan fingerprint density at radius 1 is 1.28 bits per heavy atom. The van der Waals surface area contributed by atoms with E-state index in [1.54, 1.807) is 24.3 Å². The number of nitrogens with zero attached hydrogens (tertiary/aromatic N) is 1. The van der Waals surface area contributed by atoms with Crippen molar-refractivity contribution in [1.29, 1.82) is 5.26 Å². The number of rotatable bonds is 5. The Morgan fingerprint density at radius 2 is 1.83 bits per heavy atom. The molecular weight excluding hydrogens is 248 g/mol. The highest BCUT2D eigenvalue weighted by molar-refractivity contribution is 7.90. The van der Waals surface area contributed by atoms with E-state index in [0.717, 1.165) is 5.56 Å². The Bertz CT molecular complexity index is 529. The van der Waals surface area contributed by atoms with Crippen molar-refractivity contribution in [3.05, 3.63) is 29.8 Å². The van der Waals surface area contributed by atoms with Crippen LogP contribution in [0.4, 0.5) is 0 Å². The number of sulfone groups is 1. The highest BCUT2D eigenvalue weighted by atomic mass is 32.2. The molecule has 1 aromatic carbocycles. The van der Waals surface area contributed by atoms with Crippen molar-refractivity contribution in [2.45, 2.75) is 24.8 Å². The standard InChI is InChI=1S/C13H18N2O2S/c1-10(8-14)9-15-11(2)12-4-6-13(7-5-12)18(3,16)17/h4-7,10-11,15H,9H2,1-3H3. The van der Waals surface area contributed by atoms with Crippen LogP contribution in [0.25, 0.3) is 0 Å². The molecule has 1 aromatic rings. The number of nitrogens with one attached hydrogen (secondary N) is 1. The summed E-state index contributed by atoms with van der Waals surface area (Å²) < 4.78 is 22.6. The lowest BCUT2D eigenvalue weighted by Gasteiger charge is -2.15. The van der Waals surface area contributed by atoms with E-state index >= 15 is 0 Å². The Morgan fingerprint density at radius 3 is 2.28 bits per heavy atom. The maximum absolute atomic E-state index is 11.3. The quantitative estimate of drug-likeness (QED) is 0.883. The summed E-state index contributed by atoms with van der Waals surface area (Å²) in [6, 6.07) is 9.06. The lowest BCUT2D eigenvalue weighted by molar-refractivity contribution is 0.527. The van der Waals surface area contributed by atoms with Crippen LogP contribution in [0.15, 0.2) is 29.2 Å². The summed E-state index contributed by atoms with van der Waals surface area (Å²) in [6.45, 7) is 4.46. The molecule has 18 heavy (non-hydrogen) atoms. The van der Waals surface area contributed by atoms with Crippen LogP contribution in [-0.2, 0) is 9.84 Å². The van der Waals surface area contributed by atoms with E-state index < -0.39 is 9.84 Å². The molecule has 4 nitrogen and oxygen atoms in total. The molecule has 0 amide bonds. The molecule has 0 radical (unpaired) electrons. The summed E-state index contributed by atoms with van der Waals surface area (Å²) in [7, 11) is -3.14. The zero-order chi connectivity index (χ0) is 13.8. The van der Waals surface area contributed by atoms with Gasteiger partial charge >= 0.3 is 0 Å². The van der Waals surface area contributed by atoms with E-state index in [1.165, 1.54) is 6.26 Å². The second kappa shape index (κ2) is 5.98. The minimum Gasteiger partial charge on any atom is -0.309 e. The first-order valence-corrected chi connectivity index (χ1v) is 7.66. The molecule has 0 aliphatic heterocycles. The van der Waals surface area contributed by atoms with Gasteiger partial charge in [-0.1, -0.05) is 12.1 Å². The molecule has 0 aliphatic rings. The van der Waals surface area contributed by atoms with Crippen LogP contribution in [0, 0.1) is 17.2 Å². The van der Waals surface area contributed by atoms with Gasteiger partial charge in [0.25, 0.3) is 0 Å². The van der Waals surface area contributed by atoms with Crippen LogP contribution in [0.1, 0.15) is 25.5 Å². The van der Waals surface area contributed by atoms with Crippen molar-refractivity contribution >= 4 is 9.84 Å². The fraction of sp³-hybridized carbons (Fsp3) is 0.462. The molecule has 0 saturated carbocycles. The van der Waals surface area contributed by atoms with Crippen LogP contribution in [0.2, 0.25) is 0 Å². The molecule has 0 fully saturated rings. The predicted molar refractivity (Wildman–Crippen MR) is 70.7 cm³/mol. The second-order valence-corrected chi connectivity index (χ2v) is 6.52. The minimum absolute atomic E-state index is 0.0391. The first-order chi connectivity index (χ1) is 8.34. The Balaban J connectivity index is 2.71. The lowest BCUT2D eigenvalue weighted by atomic mass is 10.1. The zero-order valence-corrected chi connectivity index (χ0v) is 11.7. The van der Waals surface area contributed by atoms with Gasteiger partial charge in [0.05, 0.1) is 16.9 Å². The van der Waals surface area contributed by atoms with Gasteiger partial charge < -0.3 is 5.32 Å². The Labute approximate surface area is 109 Å². The van der Waals surface area contributed by atoms with Crippen LogP contribution < -0.4 is 5.32 Å². The van der Waals surface area contributed by atoms with Gasteiger partial charge in [0.2, 0.25) is 0 Å². The van der Waals surface area contributed by atoms with Crippen molar-refractivity contribution in [2.24, 2.45) is 5.92 Å². The van der Waals surface area contributed by atoms with E-state index in [0.29, 0.717) is 11.4 Å². The Hall–Kier alpha value is -1.38. The molecule has 1 N–H and O–H groups in total. The monoisotopic (exact) mass is 266 g/mol. The van der Waals surface area contributed by atoms with Gasteiger partial charge in [0.15, 0.2) is 9.84 Å². The molecule has 2 atom stereocenters. The molecule has 0 aromatic heterocycles. The normalized spacial score (nSPS) is 14.8. The van der Waals surface area contributed by atoms with Crippen LogP contribution in [0.3, 0.4) is 0 Å². The minimum atomic E-state index is -3.14. The summed E-state index contributed by atoms with van der Waals surface area (Å²) in [5.41, 5.74) is 1.01. The summed E-state index contributed by atoms with van der Waals surface area (Å²) in [4.78, 5) is 0.323. The molecule has 2 unspecified atom stereocenters. The van der Waals surface area contributed by atoms with E-state index in [1.807, 2.05) is 13.8 Å². The highest BCUT2D eigenvalue weighted by Crippen LogP contribution is 2.16. The first-order valence-electron chi connectivity index (χ1n) is 5.77. The molecule has 0 bridgehead atoms. The van der Waals surface area contributed by atoms with Crippen molar-refractivity contribution in [2.75, 3.05) is 12.8 Å². The third-order valence-electron chi connectivity index (χ3n) is 2.76. The lowest BCUT2D eigenvalue weighted by Crippen LogP contribution is -2.23. The summed E-state index contributed by atoms with van der Waals surface area (Å²) in [6.07, 6.45) is 1.19. The number of benzene rings is 1. The molecule has 0 aliphatic carbocycles. The van der Waals surface area contributed by atoms with Crippen molar-refractivity contribution in [3.8, 4) is 6.07 Å². The van der Waals surface area contributed by atoms with E-state index in [2.05, 4.69) is 11.4 Å². The SMILES string of the molecule is CC(C#N)CNC(C)c1ccc(S(C)(=O)=O)cc1. The van der Waals surface area contributed by atoms with Gasteiger partial charge in [-0.2, -0.15) is 5.26 Å². The summed E-state index contributed by atoms with van der Waals surface area (Å²) in [5, 5.41) is 11.9. The fourth-order valence-corrected chi connectivity index (χ4v) is 2.15. The summed E-state index contributed by atoms with van der Waals surface area (Å²) in [5.74, 6) is -0.0391.